The summed E-state index contributed by atoms with van der Waals surface area (Å²) in [7, 11) is 0. The van der Waals surface area contributed by atoms with Gasteiger partial charge in [-0.2, -0.15) is 5.10 Å². The second kappa shape index (κ2) is 11.1. The maximum absolute atomic E-state index is 13.5. The van der Waals surface area contributed by atoms with Gasteiger partial charge in [0.15, 0.2) is 6.17 Å². The number of hydrogen-bond acceptors (Lipinski definition) is 5. The van der Waals surface area contributed by atoms with E-state index < -0.39 is 6.17 Å². The van der Waals surface area contributed by atoms with Gasteiger partial charge in [-0.05, 0) is 75.2 Å². The molecular weight excluding hydrogens is 434 g/mol. The van der Waals surface area contributed by atoms with Gasteiger partial charge in [-0.15, -0.1) is 0 Å². The third-order valence-electron chi connectivity index (χ3n) is 6.59. The van der Waals surface area contributed by atoms with Crippen molar-refractivity contribution >= 4 is 29.2 Å². The van der Waals surface area contributed by atoms with Crippen LogP contribution in [-0.2, 0) is 0 Å². The predicted molar refractivity (Wildman–Crippen MR) is 147 cm³/mol. The van der Waals surface area contributed by atoms with E-state index in [1.165, 1.54) is 11.4 Å². The third kappa shape index (κ3) is 5.16. The average molecular weight is 470 g/mol. The number of amides is 1. The smallest absolute Gasteiger partial charge is 0.278 e. The maximum Gasteiger partial charge on any atom is 0.278 e. The number of nitrogens with zero attached hydrogens (tertiary/aromatic N) is 4. The molecule has 0 aliphatic carbocycles. The molecule has 3 aromatic carbocycles. The lowest BCUT2D eigenvalue weighted by Crippen LogP contribution is -2.39. The number of carbonyl (C=O) groups excluding carboxylic acids is 1. The van der Waals surface area contributed by atoms with Crippen molar-refractivity contribution in [3.05, 3.63) is 89.5 Å². The van der Waals surface area contributed by atoms with Crippen LogP contribution in [0.1, 0.15) is 55.3 Å². The van der Waals surface area contributed by atoms with Crippen LogP contribution in [0.3, 0.4) is 0 Å². The Morgan fingerprint density at radius 1 is 0.800 bits per heavy atom. The summed E-state index contributed by atoms with van der Waals surface area (Å²) in [6, 6.07) is 24.3. The Labute approximate surface area is 208 Å². The Kier molecular flexibility index (Phi) is 7.70. The molecule has 35 heavy (non-hydrogen) atoms. The summed E-state index contributed by atoms with van der Waals surface area (Å²) in [5.41, 5.74) is 5.73. The highest BCUT2D eigenvalue weighted by atomic mass is 16.2. The van der Waals surface area contributed by atoms with Crippen LogP contribution in [0.4, 0.5) is 17.1 Å². The Hall–Kier alpha value is -3.80. The average Bonchev–Trinajstić information content (AvgIpc) is 2.91. The molecule has 1 atom stereocenters. The first kappa shape index (κ1) is 24.3. The normalized spacial score (nSPS) is 15.1. The molecule has 6 heteroatoms. The lowest BCUT2D eigenvalue weighted by atomic mass is 10.0. The zero-order chi connectivity index (χ0) is 24.8. The molecule has 3 aromatic rings. The van der Waals surface area contributed by atoms with Gasteiger partial charge in [-0.1, -0.05) is 36.4 Å². The fourth-order valence-electron chi connectivity index (χ4n) is 4.53. The summed E-state index contributed by atoms with van der Waals surface area (Å²) >= 11 is 0. The first-order valence-corrected chi connectivity index (χ1v) is 12.5. The van der Waals surface area contributed by atoms with E-state index in [1.807, 2.05) is 36.4 Å². The van der Waals surface area contributed by atoms with Crippen molar-refractivity contribution in [1.82, 2.24) is 5.01 Å². The fraction of sp³-hybridized carbons (Fsp3) is 0.310. The number of para-hydroxylation sites is 1. The molecule has 1 N–H and O–H groups in total. The summed E-state index contributed by atoms with van der Waals surface area (Å²) in [4.78, 5) is 18.1. The van der Waals surface area contributed by atoms with Gasteiger partial charge >= 0.3 is 0 Å². The number of nitrogens with one attached hydrogen (secondary N) is 1. The van der Waals surface area contributed by atoms with Crippen LogP contribution in [0.25, 0.3) is 0 Å². The number of anilines is 3. The minimum Gasteiger partial charge on any atom is -0.372 e. The zero-order valence-corrected chi connectivity index (χ0v) is 21.1. The molecular formula is C29H35N5O. The van der Waals surface area contributed by atoms with E-state index in [2.05, 4.69) is 84.3 Å². The van der Waals surface area contributed by atoms with Gasteiger partial charge in [-0.3, -0.25) is 4.79 Å². The highest BCUT2D eigenvalue weighted by molar-refractivity contribution is 6.02. The molecule has 1 aliphatic rings. The monoisotopic (exact) mass is 469 g/mol. The molecule has 1 heterocycles. The molecule has 0 saturated heterocycles. The first-order valence-electron chi connectivity index (χ1n) is 12.5. The molecule has 4 rings (SSSR count). The molecule has 0 unspecified atom stereocenters. The molecule has 182 valence electrons. The Bertz CT molecular complexity index is 1150. The van der Waals surface area contributed by atoms with Gasteiger partial charge in [0.05, 0.1) is 11.8 Å². The largest absolute Gasteiger partial charge is 0.372 e. The van der Waals surface area contributed by atoms with E-state index in [0.29, 0.717) is 5.56 Å². The van der Waals surface area contributed by atoms with Gasteiger partial charge < -0.3 is 15.1 Å². The molecule has 0 bridgehead atoms. The minimum atomic E-state index is -0.394. The predicted octanol–water partition coefficient (Wildman–Crippen LogP) is 5.98. The van der Waals surface area contributed by atoms with Crippen LogP contribution < -0.4 is 15.1 Å². The van der Waals surface area contributed by atoms with Crippen molar-refractivity contribution in [3.63, 3.8) is 0 Å². The Morgan fingerprint density at radius 3 is 1.91 bits per heavy atom. The molecule has 0 radical (unpaired) electrons. The topological polar surface area (TPSA) is 51.2 Å². The van der Waals surface area contributed by atoms with Crippen LogP contribution >= 0.6 is 0 Å². The lowest BCUT2D eigenvalue weighted by Gasteiger charge is -2.35. The lowest BCUT2D eigenvalue weighted by molar-refractivity contribution is 0.0691. The molecule has 1 aliphatic heterocycles. The fourth-order valence-corrected chi connectivity index (χ4v) is 4.53. The standard InChI is InChI=1S/C29H35N5O/c1-5-32(6-2)24-17-13-22(14-18-24)21-30-34-28(31-27-12-10-9-11-26(27)29(34)35)23-15-19-25(20-16-23)33(7-3)8-4/h9-21,28,31H,5-8H2,1-4H3/b30-21-/t28-/m0/s1. The quantitative estimate of drug-likeness (QED) is 0.392. The first-order chi connectivity index (χ1) is 17.1. The molecule has 1 amide bonds. The number of hydrogen-bond donors (Lipinski definition) is 1. The number of benzene rings is 3. The highest BCUT2D eigenvalue weighted by Crippen LogP contribution is 2.34. The van der Waals surface area contributed by atoms with Crippen LogP contribution in [-0.4, -0.2) is 43.3 Å². The summed E-state index contributed by atoms with van der Waals surface area (Å²) < 4.78 is 0. The number of fused-ring (bicyclic) bond motifs is 1. The van der Waals surface area contributed by atoms with Crippen LogP contribution in [0, 0.1) is 0 Å². The third-order valence-corrected chi connectivity index (χ3v) is 6.59. The van der Waals surface area contributed by atoms with Gasteiger partial charge in [0.1, 0.15) is 0 Å². The minimum absolute atomic E-state index is 0.117. The van der Waals surface area contributed by atoms with Gasteiger partial charge in [-0.25, -0.2) is 5.01 Å². The van der Waals surface area contributed by atoms with E-state index in [0.717, 1.165) is 43.0 Å². The molecule has 6 nitrogen and oxygen atoms in total. The van der Waals surface area contributed by atoms with E-state index >= 15 is 0 Å². The van der Waals surface area contributed by atoms with Crippen LogP contribution in [0.15, 0.2) is 77.9 Å². The van der Waals surface area contributed by atoms with Crippen LogP contribution in [0.2, 0.25) is 0 Å². The van der Waals surface area contributed by atoms with Crippen molar-refractivity contribution < 1.29 is 4.79 Å². The van der Waals surface area contributed by atoms with Gasteiger partial charge in [0, 0.05) is 43.2 Å². The Morgan fingerprint density at radius 2 is 1.34 bits per heavy atom. The zero-order valence-electron chi connectivity index (χ0n) is 21.1. The highest BCUT2D eigenvalue weighted by Gasteiger charge is 2.32. The SMILES string of the molecule is CCN(CC)c1ccc(/C=N\N2C(=O)c3ccccc3N[C@@H]2c2ccc(N(CC)CC)cc2)cc1. The van der Waals surface area contributed by atoms with E-state index in [1.54, 1.807) is 11.2 Å². The second-order valence-electron chi connectivity index (χ2n) is 8.51. The summed E-state index contributed by atoms with van der Waals surface area (Å²) in [6.45, 7) is 12.4. The van der Waals surface area contributed by atoms with Gasteiger partial charge in [0.2, 0.25) is 0 Å². The maximum atomic E-state index is 13.5. The second-order valence-corrected chi connectivity index (χ2v) is 8.51. The molecule has 0 spiro atoms. The van der Waals surface area contributed by atoms with E-state index in [-0.39, 0.29) is 5.91 Å². The van der Waals surface area contributed by atoms with E-state index in [4.69, 9.17) is 0 Å². The molecule has 0 aromatic heterocycles. The summed E-state index contributed by atoms with van der Waals surface area (Å²) in [6.07, 6.45) is 1.37. The molecule has 0 saturated carbocycles. The van der Waals surface area contributed by atoms with Crippen LogP contribution in [0.5, 0.6) is 0 Å². The number of rotatable bonds is 9. The van der Waals surface area contributed by atoms with Crippen molar-refractivity contribution in [2.75, 3.05) is 41.3 Å². The summed E-state index contributed by atoms with van der Waals surface area (Å²) in [5.74, 6) is -0.117. The number of carbonyl (C=O) groups is 1. The Balaban J connectivity index is 1.64. The van der Waals surface area contributed by atoms with Gasteiger partial charge in [0.25, 0.3) is 5.91 Å². The van der Waals surface area contributed by atoms with Crippen molar-refractivity contribution in [3.8, 4) is 0 Å². The van der Waals surface area contributed by atoms with Crippen molar-refractivity contribution in [1.29, 1.82) is 0 Å². The van der Waals surface area contributed by atoms with Crippen molar-refractivity contribution in [2.45, 2.75) is 33.9 Å². The number of hydrazone groups is 1. The van der Waals surface area contributed by atoms with Crippen molar-refractivity contribution in [2.24, 2.45) is 5.10 Å². The molecule has 0 fully saturated rings. The summed E-state index contributed by atoms with van der Waals surface area (Å²) in [5, 5.41) is 9.73. The van der Waals surface area contributed by atoms with E-state index in [9.17, 15) is 4.79 Å².